The van der Waals surface area contributed by atoms with E-state index in [1.807, 2.05) is 6.07 Å². The van der Waals surface area contributed by atoms with Crippen LogP contribution in [0.2, 0.25) is 0 Å². The van der Waals surface area contributed by atoms with E-state index in [4.69, 9.17) is 5.73 Å². The molecular weight excluding hydrogens is 162 g/mol. The minimum absolute atomic E-state index is 0.0857. The van der Waals surface area contributed by atoms with Gasteiger partial charge in [-0.1, -0.05) is 26.8 Å². The number of phenolic OH excluding ortho intramolecular Hbond substituents is 1. The lowest BCUT2D eigenvalue weighted by Crippen LogP contribution is -2.15. The second kappa shape index (κ2) is 3.38. The molecule has 13 heavy (non-hydrogen) atoms. The summed E-state index contributed by atoms with van der Waals surface area (Å²) >= 11 is 0. The van der Waals surface area contributed by atoms with E-state index in [0.29, 0.717) is 6.54 Å². The van der Waals surface area contributed by atoms with Crippen LogP contribution in [0.3, 0.4) is 0 Å². The molecule has 0 saturated heterocycles. The summed E-state index contributed by atoms with van der Waals surface area (Å²) in [6.07, 6.45) is 0. The largest absolute Gasteiger partial charge is 0.508 e. The molecule has 0 aromatic heterocycles. The van der Waals surface area contributed by atoms with Gasteiger partial charge in [0, 0.05) is 6.54 Å². The van der Waals surface area contributed by atoms with Crippen LogP contribution < -0.4 is 5.73 Å². The van der Waals surface area contributed by atoms with Gasteiger partial charge < -0.3 is 10.8 Å². The number of rotatable bonds is 1. The Labute approximate surface area is 79.4 Å². The van der Waals surface area contributed by atoms with Gasteiger partial charge in [0.2, 0.25) is 0 Å². The number of phenols is 1. The zero-order valence-corrected chi connectivity index (χ0v) is 8.46. The van der Waals surface area contributed by atoms with Gasteiger partial charge in [0.1, 0.15) is 5.75 Å². The predicted molar refractivity (Wildman–Crippen MR) is 54.7 cm³/mol. The Morgan fingerprint density at radius 1 is 1.31 bits per heavy atom. The maximum absolute atomic E-state index is 9.28. The van der Waals surface area contributed by atoms with Crippen LogP contribution in [0.4, 0.5) is 0 Å². The van der Waals surface area contributed by atoms with Gasteiger partial charge in [-0.25, -0.2) is 0 Å². The molecule has 0 aliphatic rings. The molecule has 0 amide bonds. The molecule has 0 fully saturated rings. The van der Waals surface area contributed by atoms with Crippen LogP contribution in [0.1, 0.15) is 31.9 Å². The van der Waals surface area contributed by atoms with Gasteiger partial charge >= 0.3 is 0 Å². The van der Waals surface area contributed by atoms with Crippen LogP contribution in [0.25, 0.3) is 0 Å². The number of nitrogens with two attached hydrogens (primary N) is 1. The normalized spacial score (nSPS) is 11.7. The highest BCUT2D eigenvalue weighted by Crippen LogP contribution is 2.27. The maximum atomic E-state index is 9.28. The molecule has 2 nitrogen and oxygen atoms in total. The first-order valence-electron chi connectivity index (χ1n) is 4.47. The van der Waals surface area contributed by atoms with Crippen LogP contribution in [0, 0.1) is 0 Å². The van der Waals surface area contributed by atoms with Crippen molar-refractivity contribution in [1.29, 1.82) is 0 Å². The molecule has 72 valence electrons. The topological polar surface area (TPSA) is 46.2 Å². The van der Waals surface area contributed by atoms with E-state index in [0.717, 1.165) is 5.56 Å². The fourth-order valence-corrected chi connectivity index (χ4v) is 1.48. The van der Waals surface area contributed by atoms with Gasteiger partial charge in [-0.05, 0) is 28.7 Å². The van der Waals surface area contributed by atoms with Gasteiger partial charge in [0.15, 0.2) is 0 Å². The number of aromatic hydroxyl groups is 1. The summed E-state index contributed by atoms with van der Waals surface area (Å²) < 4.78 is 0. The van der Waals surface area contributed by atoms with Crippen molar-refractivity contribution in [2.75, 3.05) is 0 Å². The molecule has 1 aromatic carbocycles. The molecule has 1 rings (SSSR count). The number of hydrogen-bond donors (Lipinski definition) is 2. The molecule has 0 bridgehead atoms. The zero-order valence-electron chi connectivity index (χ0n) is 8.46. The molecule has 0 saturated carbocycles. The number of hydrogen-bond acceptors (Lipinski definition) is 2. The monoisotopic (exact) mass is 179 g/mol. The summed E-state index contributed by atoms with van der Waals surface area (Å²) in [6, 6.07) is 5.39. The molecule has 0 aliphatic heterocycles. The lowest BCUT2D eigenvalue weighted by atomic mass is 9.84. The third kappa shape index (κ3) is 2.22. The first kappa shape index (κ1) is 10.1. The quantitative estimate of drug-likeness (QED) is 0.694. The van der Waals surface area contributed by atoms with Gasteiger partial charge in [-0.15, -0.1) is 0 Å². The van der Waals surface area contributed by atoms with Crippen molar-refractivity contribution >= 4 is 0 Å². The van der Waals surface area contributed by atoms with E-state index in [9.17, 15) is 5.11 Å². The molecule has 0 heterocycles. The minimum Gasteiger partial charge on any atom is -0.508 e. The smallest absolute Gasteiger partial charge is 0.115 e. The summed E-state index contributed by atoms with van der Waals surface area (Å²) in [7, 11) is 0. The molecule has 3 N–H and O–H groups in total. The summed E-state index contributed by atoms with van der Waals surface area (Å²) in [5, 5.41) is 9.28. The Morgan fingerprint density at radius 3 is 2.38 bits per heavy atom. The van der Waals surface area contributed by atoms with Crippen molar-refractivity contribution in [3.63, 3.8) is 0 Å². The predicted octanol–water partition coefficient (Wildman–Crippen LogP) is 2.15. The van der Waals surface area contributed by atoms with Crippen molar-refractivity contribution < 1.29 is 5.11 Å². The van der Waals surface area contributed by atoms with Gasteiger partial charge in [0.25, 0.3) is 0 Å². The zero-order chi connectivity index (χ0) is 10.1. The second-order valence-corrected chi connectivity index (χ2v) is 4.30. The Morgan fingerprint density at radius 2 is 1.92 bits per heavy atom. The van der Waals surface area contributed by atoms with Gasteiger partial charge in [0.05, 0.1) is 0 Å². The highest BCUT2D eigenvalue weighted by atomic mass is 16.3. The van der Waals surface area contributed by atoms with E-state index in [1.165, 1.54) is 5.56 Å². The van der Waals surface area contributed by atoms with E-state index in [2.05, 4.69) is 20.8 Å². The molecule has 2 heteroatoms. The van der Waals surface area contributed by atoms with Crippen LogP contribution in [-0.2, 0) is 12.0 Å². The van der Waals surface area contributed by atoms with Crippen molar-refractivity contribution in [3.05, 3.63) is 29.3 Å². The van der Waals surface area contributed by atoms with Crippen LogP contribution in [0.5, 0.6) is 5.75 Å². The lowest BCUT2D eigenvalue weighted by molar-refractivity contribution is 0.472. The van der Waals surface area contributed by atoms with Crippen molar-refractivity contribution in [1.82, 2.24) is 0 Å². The summed E-state index contributed by atoms with van der Waals surface area (Å²) in [6.45, 7) is 6.89. The molecule has 0 spiro atoms. The van der Waals surface area contributed by atoms with Crippen molar-refractivity contribution in [2.45, 2.75) is 32.7 Å². The van der Waals surface area contributed by atoms with Gasteiger partial charge in [-0.3, -0.25) is 0 Å². The standard InChI is InChI=1S/C11H17NO/c1-11(2,3)10-5-4-9(13)6-8(10)7-12/h4-6,13H,7,12H2,1-3H3. The number of benzene rings is 1. The van der Waals surface area contributed by atoms with E-state index >= 15 is 0 Å². The first-order valence-corrected chi connectivity index (χ1v) is 4.47. The second-order valence-electron chi connectivity index (χ2n) is 4.30. The van der Waals surface area contributed by atoms with Gasteiger partial charge in [-0.2, -0.15) is 0 Å². The SMILES string of the molecule is CC(C)(C)c1ccc(O)cc1CN. The van der Waals surface area contributed by atoms with E-state index in [1.54, 1.807) is 12.1 Å². The third-order valence-corrected chi connectivity index (χ3v) is 2.12. The summed E-state index contributed by atoms with van der Waals surface area (Å²) in [5.74, 6) is 0.286. The van der Waals surface area contributed by atoms with Crippen LogP contribution >= 0.6 is 0 Å². The van der Waals surface area contributed by atoms with Crippen molar-refractivity contribution in [3.8, 4) is 5.75 Å². The Bertz CT molecular complexity index is 299. The summed E-state index contributed by atoms with van der Waals surface area (Å²) in [4.78, 5) is 0. The van der Waals surface area contributed by atoms with Crippen molar-refractivity contribution in [2.24, 2.45) is 5.73 Å². The molecule has 0 radical (unpaired) electrons. The molecular formula is C11H17NO. The highest BCUT2D eigenvalue weighted by Gasteiger charge is 2.17. The van der Waals surface area contributed by atoms with Crippen LogP contribution in [0.15, 0.2) is 18.2 Å². The Balaban J connectivity index is 3.22. The minimum atomic E-state index is 0.0857. The Kier molecular flexibility index (Phi) is 2.62. The molecule has 0 atom stereocenters. The third-order valence-electron chi connectivity index (χ3n) is 2.12. The van der Waals surface area contributed by atoms with Crippen LogP contribution in [-0.4, -0.2) is 5.11 Å². The van der Waals surface area contributed by atoms with E-state index in [-0.39, 0.29) is 11.2 Å². The summed E-state index contributed by atoms with van der Waals surface area (Å²) in [5.41, 5.74) is 7.91. The fourth-order valence-electron chi connectivity index (χ4n) is 1.48. The Hall–Kier alpha value is -1.02. The molecule has 0 aliphatic carbocycles. The lowest BCUT2D eigenvalue weighted by Gasteiger charge is -2.22. The average Bonchev–Trinajstić information content (AvgIpc) is 2.01. The molecule has 1 aromatic rings. The highest BCUT2D eigenvalue weighted by molar-refractivity contribution is 5.38. The fraction of sp³-hybridized carbons (Fsp3) is 0.455. The molecule has 0 unspecified atom stereocenters. The first-order chi connectivity index (χ1) is 5.95. The maximum Gasteiger partial charge on any atom is 0.115 e. The average molecular weight is 179 g/mol. The van der Waals surface area contributed by atoms with E-state index < -0.39 is 0 Å².